The molecule has 2 unspecified atom stereocenters. The van der Waals surface area contributed by atoms with Crippen molar-refractivity contribution >= 4 is 10.0 Å². The minimum atomic E-state index is -3.44. The van der Waals surface area contributed by atoms with Crippen molar-refractivity contribution in [2.75, 3.05) is 20.2 Å². The molecule has 1 aromatic carbocycles. The lowest BCUT2D eigenvalue weighted by Crippen LogP contribution is -2.30. The molecule has 0 N–H and O–H groups in total. The summed E-state index contributed by atoms with van der Waals surface area (Å²) >= 11 is 0. The Hall–Kier alpha value is -1.07. The summed E-state index contributed by atoms with van der Waals surface area (Å²) in [6.07, 6.45) is 3.58. The zero-order valence-electron chi connectivity index (χ0n) is 12.0. The Bertz CT molecular complexity index is 600. The van der Waals surface area contributed by atoms with Gasteiger partial charge in [-0.25, -0.2) is 8.42 Å². The molecule has 20 heavy (non-hydrogen) atoms. The van der Waals surface area contributed by atoms with Crippen LogP contribution in [0.5, 0.6) is 5.75 Å². The normalized spacial score (nSPS) is 26.7. The van der Waals surface area contributed by atoms with Crippen LogP contribution in [0, 0.1) is 18.8 Å². The van der Waals surface area contributed by atoms with E-state index in [4.69, 9.17) is 4.74 Å². The van der Waals surface area contributed by atoms with E-state index in [0.29, 0.717) is 35.6 Å². The fourth-order valence-electron chi connectivity index (χ4n) is 3.51. The molecule has 0 amide bonds. The predicted molar refractivity (Wildman–Crippen MR) is 77.3 cm³/mol. The molecule has 1 aromatic rings. The molecule has 2 fully saturated rings. The highest BCUT2D eigenvalue weighted by molar-refractivity contribution is 7.89. The summed E-state index contributed by atoms with van der Waals surface area (Å²) in [5, 5.41) is 0. The van der Waals surface area contributed by atoms with Crippen molar-refractivity contribution in [3.63, 3.8) is 0 Å². The highest BCUT2D eigenvalue weighted by Crippen LogP contribution is 2.40. The van der Waals surface area contributed by atoms with Gasteiger partial charge in [0.1, 0.15) is 10.6 Å². The van der Waals surface area contributed by atoms with Gasteiger partial charge in [-0.05, 0) is 49.3 Å². The van der Waals surface area contributed by atoms with Crippen molar-refractivity contribution in [3.05, 3.63) is 23.8 Å². The van der Waals surface area contributed by atoms with Gasteiger partial charge in [-0.2, -0.15) is 4.31 Å². The maximum absolute atomic E-state index is 12.8. The molecule has 0 aromatic heterocycles. The number of nitrogens with zero attached hydrogens (tertiary/aromatic N) is 1. The number of fused-ring (bicyclic) bond motifs is 1. The molecule has 1 saturated heterocycles. The van der Waals surface area contributed by atoms with E-state index < -0.39 is 10.0 Å². The topological polar surface area (TPSA) is 46.6 Å². The molecule has 2 atom stereocenters. The molecule has 2 aliphatic rings. The first-order chi connectivity index (χ1) is 9.52. The summed E-state index contributed by atoms with van der Waals surface area (Å²) in [5.41, 5.74) is 0.934. The van der Waals surface area contributed by atoms with Crippen LogP contribution in [0.4, 0.5) is 0 Å². The minimum Gasteiger partial charge on any atom is -0.495 e. The Morgan fingerprint density at radius 3 is 2.45 bits per heavy atom. The van der Waals surface area contributed by atoms with Gasteiger partial charge in [0.15, 0.2) is 0 Å². The van der Waals surface area contributed by atoms with E-state index in [1.54, 1.807) is 16.4 Å². The first-order valence-corrected chi connectivity index (χ1v) is 8.61. The van der Waals surface area contributed by atoms with Crippen molar-refractivity contribution in [2.24, 2.45) is 11.8 Å². The molecule has 5 heteroatoms. The molecule has 1 aliphatic heterocycles. The van der Waals surface area contributed by atoms with Crippen LogP contribution >= 0.6 is 0 Å². The standard InChI is InChI=1S/C15H21NO3S/c1-11-6-7-14(19-2)15(8-11)20(17,18)16-9-12-4-3-5-13(12)10-16/h6-8,12-13H,3-5,9-10H2,1-2H3. The quantitative estimate of drug-likeness (QED) is 0.860. The van der Waals surface area contributed by atoms with Crippen molar-refractivity contribution in [3.8, 4) is 5.75 Å². The lowest BCUT2D eigenvalue weighted by atomic mass is 10.0. The van der Waals surface area contributed by atoms with Gasteiger partial charge in [-0.3, -0.25) is 0 Å². The number of rotatable bonds is 3. The van der Waals surface area contributed by atoms with Crippen LogP contribution in [0.2, 0.25) is 0 Å². The van der Waals surface area contributed by atoms with Crippen LogP contribution in [0.15, 0.2) is 23.1 Å². The van der Waals surface area contributed by atoms with Gasteiger partial charge in [0.25, 0.3) is 0 Å². The van der Waals surface area contributed by atoms with Crippen LogP contribution in [0.3, 0.4) is 0 Å². The van der Waals surface area contributed by atoms with Crippen LogP contribution in [-0.4, -0.2) is 32.9 Å². The SMILES string of the molecule is COc1ccc(C)cc1S(=O)(=O)N1CC2CCCC2C1. The monoisotopic (exact) mass is 295 g/mol. The third-order valence-corrected chi connectivity index (χ3v) is 6.48. The second-order valence-corrected chi connectivity index (χ2v) is 7.83. The first kappa shape index (κ1) is 13.9. The Balaban J connectivity index is 1.94. The van der Waals surface area contributed by atoms with Gasteiger partial charge in [-0.1, -0.05) is 12.5 Å². The summed E-state index contributed by atoms with van der Waals surface area (Å²) < 4.78 is 32.6. The summed E-state index contributed by atoms with van der Waals surface area (Å²) in [4.78, 5) is 0.306. The minimum absolute atomic E-state index is 0.306. The lowest BCUT2D eigenvalue weighted by molar-refractivity contribution is 0.395. The van der Waals surface area contributed by atoms with E-state index in [2.05, 4.69) is 0 Å². The predicted octanol–water partition coefficient (Wildman–Crippen LogP) is 2.42. The molecule has 3 rings (SSSR count). The van der Waals surface area contributed by atoms with E-state index in [9.17, 15) is 8.42 Å². The summed E-state index contributed by atoms with van der Waals surface area (Å²) in [5.74, 6) is 1.55. The average molecular weight is 295 g/mol. The second kappa shape index (κ2) is 5.04. The molecular formula is C15H21NO3S. The molecule has 4 nitrogen and oxygen atoms in total. The Morgan fingerprint density at radius 1 is 1.20 bits per heavy atom. The number of benzene rings is 1. The van der Waals surface area contributed by atoms with E-state index in [-0.39, 0.29) is 0 Å². The average Bonchev–Trinajstić information content (AvgIpc) is 2.99. The van der Waals surface area contributed by atoms with E-state index in [1.807, 2.05) is 13.0 Å². The van der Waals surface area contributed by atoms with Gasteiger partial charge in [0.05, 0.1) is 7.11 Å². The number of methoxy groups -OCH3 is 1. The third kappa shape index (κ3) is 2.23. The lowest BCUT2D eigenvalue weighted by Gasteiger charge is -2.19. The number of ether oxygens (including phenoxy) is 1. The van der Waals surface area contributed by atoms with Gasteiger partial charge in [-0.15, -0.1) is 0 Å². The van der Waals surface area contributed by atoms with Crippen molar-refractivity contribution in [2.45, 2.75) is 31.1 Å². The zero-order valence-corrected chi connectivity index (χ0v) is 12.8. The van der Waals surface area contributed by atoms with Crippen LogP contribution in [0.1, 0.15) is 24.8 Å². The summed E-state index contributed by atoms with van der Waals surface area (Å²) in [6, 6.07) is 5.32. The second-order valence-electron chi connectivity index (χ2n) is 5.93. The third-order valence-electron chi connectivity index (χ3n) is 4.63. The molecular weight excluding hydrogens is 274 g/mol. The van der Waals surface area contributed by atoms with E-state index >= 15 is 0 Å². The molecule has 0 bridgehead atoms. The molecule has 1 saturated carbocycles. The molecule has 0 spiro atoms. The Morgan fingerprint density at radius 2 is 1.85 bits per heavy atom. The van der Waals surface area contributed by atoms with Gasteiger partial charge >= 0.3 is 0 Å². The number of sulfonamides is 1. The molecule has 1 heterocycles. The van der Waals surface area contributed by atoms with Crippen molar-refractivity contribution < 1.29 is 13.2 Å². The van der Waals surface area contributed by atoms with Gasteiger partial charge in [0.2, 0.25) is 10.0 Å². The zero-order chi connectivity index (χ0) is 14.3. The molecule has 110 valence electrons. The Kier molecular flexibility index (Phi) is 3.50. The fourth-order valence-corrected chi connectivity index (χ4v) is 5.31. The molecule has 0 radical (unpaired) electrons. The number of hydrogen-bond donors (Lipinski definition) is 0. The maximum Gasteiger partial charge on any atom is 0.246 e. The van der Waals surface area contributed by atoms with E-state index in [0.717, 1.165) is 5.56 Å². The number of hydrogen-bond acceptors (Lipinski definition) is 3. The van der Waals surface area contributed by atoms with Crippen LogP contribution < -0.4 is 4.74 Å². The Labute approximate surface area is 120 Å². The van der Waals surface area contributed by atoms with Gasteiger partial charge < -0.3 is 4.74 Å². The van der Waals surface area contributed by atoms with Crippen molar-refractivity contribution in [1.29, 1.82) is 0 Å². The van der Waals surface area contributed by atoms with Crippen LogP contribution in [-0.2, 0) is 10.0 Å². The van der Waals surface area contributed by atoms with Crippen molar-refractivity contribution in [1.82, 2.24) is 4.31 Å². The van der Waals surface area contributed by atoms with Crippen LogP contribution in [0.25, 0.3) is 0 Å². The maximum atomic E-state index is 12.8. The fraction of sp³-hybridized carbons (Fsp3) is 0.600. The highest BCUT2D eigenvalue weighted by Gasteiger charge is 2.42. The van der Waals surface area contributed by atoms with E-state index in [1.165, 1.54) is 26.4 Å². The largest absolute Gasteiger partial charge is 0.495 e. The smallest absolute Gasteiger partial charge is 0.246 e. The first-order valence-electron chi connectivity index (χ1n) is 7.17. The van der Waals surface area contributed by atoms with Gasteiger partial charge in [0, 0.05) is 13.1 Å². The number of aryl methyl sites for hydroxylation is 1. The summed E-state index contributed by atoms with van der Waals surface area (Å²) in [6.45, 7) is 3.24. The molecule has 1 aliphatic carbocycles. The summed E-state index contributed by atoms with van der Waals surface area (Å²) in [7, 11) is -1.92. The highest BCUT2D eigenvalue weighted by atomic mass is 32.2.